The number of carbonyl (C=O) groups excluding carboxylic acids is 1. The number of H-pyrrole nitrogens is 1. The summed E-state index contributed by atoms with van der Waals surface area (Å²) < 4.78 is 5.69. The molecule has 26 heavy (non-hydrogen) atoms. The van der Waals surface area contributed by atoms with Gasteiger partial charge in [0, 0.05) is 18.0 Å². The maximum atomic E-state index is 12.7. The van der Waals surface area contributed by atoms with E-state index in [0.29, 0.717) is 30.1 Å². The first-order chi connectivity index (χ1) is 12.3. The number of hydrogen-bond acceptors (Lipinski definition) is 6. The Morgan fingerprint density at radius 2 is 2.04 bits per heavy atom. The Kier molecular flexibility index (Phi) is 5.74. The molecular weight excluding hydrogens is 370 g/mol. The number of aromatic nitrogens is 2. The number of hydrogen-bond donors (Lipinski definition) is 1. The number of thioether (sulfide) groups is 1. The van der Waals surface area contributed by atoms with Gasteiger partial charge in [0.15, 0.2) is 0 Å². The molecule has 0 spiro atoms. The van der Waals surface area contributed by atoms with Crippen molar-refractivity contribution in [2.75, 3.05) is 13.1 Å². The molecule has 8 heteroatoms. The van der Waals surface area contributed by atoms with Gasteiger partial charge in [0.2, 0.25) is 5.91 Å². The van der Waals surface area contributed by atoms with Crippen LogP contribution in [-0.2, 0) is 15.3 Å². The van der Waals surface area contributed by atoms with Crippen molar-refractivity contribution in [1.82, 2.24) is 14.9 Å². The quantitative estimate of drug-likeness (QED) is 0.862. The molecule has 1 N–H and O–H groups in total. The SMILES string of the molecule is Cc1sc2nc(CS[C@H](C)C(=O)N3C[C@@H](C)O[C@H](C)C3)[nH]c(=O)c2c1C. The smallest absolute Gasteiger partial charge is 0.259 e. The molecule has 2 aromatic heterocycles. The number of amides is 1. The Labute approximate surface area is 161 Å². The molecule has 0 unspecified atom stereocenters. The van der Waals surface area contributed by atoms with Crippen LogP contribution in [0.4, 0.5) is 0 Å². The van der Waals surface area contributed by atoms with Crippen molar-refractivity contribution in [2.45, 2.75) is 57.8 Å². The molecule has 0 aromatic carbocycles. The second-order valence-corrected chi connectivity index (χ2v) is 9.46. The Morgan fingerprint density at radius 3 is 2.69 bits per heavy atom. The summed E-state index contributed by atoms with van der Waals surface area (Å²) in [6, 6.07) is 0. The fraction of sp³-hybridized carbons (Fsp3) is 0.611. The van der Waals surface area contributed by atoms with E-state index < -0.39 is 0 Å². The number of nitrogens with one attached hydrogen (secondary N) is 1. The van der Waals surface area contributed by atoms with Gasteiger partial charge in [-0.15, -0.1) is 23.1 Å². The van der Waals surface area contributed by atoms with Crippen LogP contribution >= 0.6 is 23.1 Å². The van der Waals surface area contributed by atoms with E-state index in [4.69, 9.17) is 4.74 Å². The number of aryl methyl sites for hydroxylation is 2. The summed E-state index contributed by atoms with van der Waals surface area (Å²) in [6.07, 6.45) is 0.122. The molecule has 1 aliphatic heterocycles. The molecule has 1 aliphatic rings. The molecule has 3 atom stereocenters. The molecule has 3 rings (SSSR count). The van der Waals surface area contributed by atoms with Crippen molar-refractivity contribution in [3.63, 3.8) is 0 Å². The Balaban J connectivity index is 1.67. The zero-order valence-electron chi connectivity index (χ0n) is 15.8. The zero-order valence-corrected chi connectivity index (χ0v) is 17.4. The van der Waals surface area contributed by atoms with Crippen molar-refractivity contribution in [2.24, 2.45) is 0 Å². The number of fused-ring (bicyclic) bond motifs is 1. The van der Waals surface area contributed by atoms with E-state index >= 15 is 0 Å². The van der Waals surface area contributed by atoms with Crippen LogP contribution in [0.15, 0.2) is 4.79 Å². The largest absolute Gasteiger partial charge is 0.372 e. The number of aromatic amines is 1. The first-order valence-corrected chi connectivity index (χ1v) is 10.7. The minimum atomic E-state index is -0.194. The van der Waals surface area contributed by atoms with Gasteiger partial charge in [-0.2, -0.15) is 0 Å². The van der Waals surface area contributed by atoms with Gasteiger partial charge < -0.3 is 14.6 Å². The maximum absolute atomic E-state index is 12.7. The van der Waals surface area contributed by atoms with Gasteiger partial charge in [-0.25, -0.2) is 4.98 Å². The zero-order chi connectivity index (χ0) is 19.0. The third-order valence-corrected chi connectivity index (χ3v) is 6.88. The van der Waals surface area contributed by atoms with Crippen molar-refractivity contribution in [3.8, 4) is 0 Å². The Bertz CT molecular complexity index is 866. The Hall–Kier alpha value is -1.38. The first kappa shape index (κ1) is 19.4. The molecule has 1 fully saturated rings. The van der Waals surface area contributed by atoms with E-state index in [2.05, 4.69) is 9.97 Å². The van der Waals surface area contributed by atoms with E-state index in [-0.39, 0.29) is 28.9 Å². The molecule has 1 amide bonds. The monoisotopic (exact) mass is 395 g/mol. The summed E-state index contributed by atoms with van der Waals surface area (Å²) in [4.78, 5) is 36.3. The first-order valence-electron chi connectivity index (χ1n) is 8.81. The summed E-state index contributed by atoms with van der Waals surface area (Å²) in [5, 5.41) is 0.488. The van der Waals surface area contributed by atoms with E-state index in [1.54, 1.807) is 11.3 Å². The highest BCUT2D eigenvalue weighted by atomic mass is 32.2. The summed E-state index contributed by atoms with van der Waals surface area (Å²) in [5.74, 6) is 1.24. The summed E-state index contributed by atoms with van der Waals surface area (Å²) in [5.41, 5.74) is 0.902. The molecule has 2 aromatic rings. The predicted octanol–water partition coefficient (Wildman–Crippen LogP) is 2.86. The van der Waals surface area contributed by atoms with Crippen LogP contribution in [0.2, 0.25) is 0 Å². The van der Waals surface area contributed by atoms with Crippen molar-refractivity contribution in [3.05, 3.63) is 26.6 Å². The number of thiophene rings is 1. The highest BCUT2D eigenvalue weighted by molar-refractivity contribution is 7.99. The van der Waals surface area contributed by atoms with Gasteiger partial charge >= 0.3 is 0 Å². The third-order valence-electron chi connectivity index (χ3n) is 4.64. The van der Waals surface area contributed by atoms with Crippen LogP contribution in [0.3, 0.4) is 0 Å². The minimum absolute atomic E-state index is 0.0608. The minimum Gasteiger partial charge on any atom is -0.372 e. The molecule has 0 bridgehead atoms. The fourth-order valence-electron chi connectivity index (χ4n) is 3.26. The second-order valence-electron chi connectivity index (χ2n) is 6.93. The van der Waals surface area contributed by atoms with Gasteiger partial charge in [-0.3, -0.25) is 9.59 Å². The number of ether oxygens (including phenoxy) is 1. The lowest BCUT2D eigenvalue weighted by atomic mass is 10.2. The predicted molar refractivity (Wildman–Crippen MR) is 107 cm³/mol. The van der Waals surface area contributed by atoms with Crippen LogP contribution in [-0.4, -0.2) is 51.3 Å². The average Bonchev–Trinajstić information content (AvgIpc) is 2.85. The lowest BCUT2D eigenvalue weighted by Crippen LogP contribution is -2.50. The molecular formula is C18H25N3O3S2. The lowest BCUT2D eigenvalue weighted by molar-refractivity contribution is -0.142. The van der Waals surface area contributed by atoms with E-state index in [9.17, 15) is 9.59 Å². The molecule has 0 saturated carbocycles. The summed E-state index contributed by atoms with van der Waals surface area (Å²) >= 11 is 3.04. The number of rotatable bonds is 4. The lowest BCUT2D eigenvalue weighted by Gasteiger charge is -2.36. The van der Waals surface area contributed by atoms with Gasteiger partial charge in [0.25, 0.3) is 5.56 Å². The van der Waals surface area contributed by atoms with Crippen LogP contribution in [0.5, 0.6) is 0 Å². The van der Waals surface area contributed by atoms with Crippen LogP contribution in [0.1, 0.15) is 37.0 Å². The van der Waals surface area contributed by atoms with E-state index in [1.165, 1.54) is 11.8 Å². The number of carbonyl (C=O) groups is 1. The fourth-order valence-corrected chi connectivity index (χ4v) is 5.14. The van der Waals surface area contributed by atoms with Gasteiger partial charge in [-0.1, -0.05) is 0 Å². The van der Waals surface area contributed by atoms with Gasteiger partial charge in [0.1, 0.15) is 10.7 Å². The Morgan fingerprint density at radius 1 is 1.38 bits per heavy atom. The van der Waals surface area contributed by atoms with Gasteiger partial charge in [0.05, 0.1) is 28.6 Å². The standard InChI is InChI=1S/C18H25N3O3S2/c1-9-6-21(7-10(2)24-9)18(23)13(5)25-8-14-19-16(22)15-11(3)12(4)26-17(15)20-14/h9-10,13H,6-8H2,1-5H3,(H,19,20,22)/t9-,10-,13-/m1/s1. The summed E-state index contributed by atoms with van der Waals surface area (Å²) in [7, 11) is 0. The molecule has 1 saturated heterocycles. The number of morpholine rings is 1. The molecule has 142 valence electrons. The van der Waals surface area contributed by atoms with Crippen molar-refractivity contribution in [1.29, 1.82) is 0 Å². The molecule has 6 nitrogen and oxygen atoms in total. The van der Waals surface area contributed by atoms with Crippen molar-refractivity contribution >= 4 is 39.2 Å². The molecule has 3 heterocycles. The maximum Gasteiger partial charge on any atom is 0.259 e. The van der Waals surface area contributed by atoms with Crippen LogP contribution < -0.4 is 5.56 Å². The molecule has 0 radical (unpaired) electrons. The molecule has 0 aliphatic carbocycles. The van der Waals surface area contributed by atoms with Crippen LogP contribution in [0.25, 0.3) is 10.2 Å². The topological polar surface area (TPSA) is 75.3 Å². The van der Waals surface area contributed by atoms with Crippen LogP contribution in [0, 0.1) is 13.8 Å². The van der Waals surface area contributed by atoms with E-state index in [0.717, 1.165) is 15.3 Å². The highest BCUT2D eigenvalue weighted by Crippen LogP contribution is 2.27. The van der Waals surface area contributed by atoms with Gasteiger partial charge in [-0.05, 0) is 40.2 Å². The van der Waals surface area contributed by atoms with Crippen molar-refractivity contribution < 1.29 is 9.53 Å². The summed E-state index contributed by atoms with van der Waals surface area (Å²) in [6.45, 7) is 11.1. The van der Waals surface area contributed by atoms with E-state index in [1.807, 2.05) is 39.5 Å². The second kappa shape index (κ2) is 7.70. The third kappa shape index (κ3) is 3.97. The normalized spacial score (nSPS) is 22.0. The highest BCUT2D eigenvalue weighted by Gasteiger charge is 2.29. The average molecular weight is 396 g/mol. The number of nitrogens with zero attached hydrogens (tertiary/aromatic N) is 2.